The Balaban J connectivity index is 4.22. The van der Waals surface area contributed by atoms with E-state index in [0.717, 1.165) is 11.8 Å². The summed E-state index contributed by atoms with van der Waals surface area (Å²) < 4.78 is 0. The predicted octanol–water partition coefficient (Wildman–Crippen LogP) is 5.13. The molecule has 0 N–H and O–H groups in total. The molecule has 0 heteroatoms. The molecule has 0 bridgehead atoms. The lowest BCUT2D eigenvalue weighted by atomic mass is 9.65. The molecule has 14 heavy (non-hydrogen) atoms. The van der Waals surface area contributed by atoms with Crippen LogP contribution in [-0.2, 0) is 0 Å². The average molecular weight is 198 g/mol. The molecule has 0 amide bonds. The van der Waals surface area contributed by atoms with Gasteiger partial charge in [0.25, 0.3) is 0 Å². The molecule has 1 atom stereocenters. The van der Waals surface area contributed by atoms with Gasteiger partial charge in [0, 0.05) is 0 Å². The smallest absolute Gasteiger partial charge is 0.0303 e. The first-order chi connectivity index (χ1) is 6.06. The van der Waals surface area contributed by atoms with Gasteiger partial charge in [-0.3, -0.25) is 0 Å². The molecule has 0 fully saturated rings. The maximum Gasteiger partial charge on any atom is -0.0303 e. The first-order valence-corrected chi connectivity index (χ1v) is 6.06. The topological polar surface area (TPSA) is 0 Å². The van der Waals surface area contributed by atoms with Crippen molar-refractivity contribution in [1.29, 1.82) is 0 Å². The quantitative estimate of drug-likeness (QED) is 0.587. The SMILES string of the molecule is CC(C)CC(C)CC(C)(C)C(C)(C)C. The molecule has 1 unspecified atom stereocenters. The van der Waals surface area contributed by atoms with Gasteiger partial charge in [-0.15, -0.1) is 0 Å². The highest BCUT2D eigenvalue weighted by atomic mass is 14.4. The van der Waals surface area contributed by atoms with Crippen molar-refractivity contribution in [2.45, 2.75) is 68.2 Å². The summed E-state index contributed by atoms with van der Waals surface area (Å²) in [6, 6.07) is 0. The fraction of sp³-hybridized carbons (Fsp3) is 1.00. The highest BCUT2D eigenvalue weighted by molar-refractivity contribution is 4.83. The molecule has 0 aliphatic carbocycles. The van der Waals surface area contributed by atoms with E-state index in [2.05, 4.69) is 55.4 Å². The molecular formula is C14H30. The minimum Gasteiger partial charge on any atom is -0.0628 e. The van der Waals surface area contributed by atoms with Crippen molar-refractivity contribution in [3.05, 3.63) is 0 Å². The van der Waals surface area contributed by atoms with E-state index < -0.39 is 0 Å². The van der Waals surface area contributed by atoms with E-state index in [1.165, 1.54) is 12.8 Å². The van der Waals surface area contributed by atoms with Crippen molar-refractivity contribution in [2.24, 2.45) is 22.7 Å². The van der Waals surface area contributed by atoms with Gasteiger partial charge >= 0.3 is 0 Å². The van der Waals surface area contributed by atoms with Crippen LogP contribution in [0.15, 0.2) is 0 Å². The van der Waals surface area contributed by atoms with E-state index >= 15 is 0 Å². The van der Waals surface area contributed by atoms with Crippen LogP contribution in [0.5, 0.6) is 0 Å². The van der Waals surface area contributed by atoms with Crippen molar-refractivity contribution < 1.29 is 0 Å². The van der Waals surface area contributed by atoms with Crippen LogP contribution in [0.3, 0.4) is 0 Å². The van der Waals surface area contributed by atoms with Crippen LogP contribution >= 0.6 is 0 Å². The number of hydrogen-bond donors (Lipinski definition) is 0. The van der Waals surface area contributed by atoms with E-state index in [9.17, 15) is 0 Å². The molecule has 0 heterocycles. The Hall–Kier alpha value is 0. The van der Waals surface area contributed by atoms with Gasteiger partial charge in [-0.25, -0.2) is 0 Å². The molecular weight excluding hydrogens is 168 g/mol. The van der Waals surface area contributed by atoms with Crippen molar-refractivity contribution in [3.8, 4) is 0 Å². The Bertz CT molecular complexity index is 157. The van der Waals surface area contributed by atoms with Gasteiger partial charge in [-0.05, 0) is 35.5 Å². The summed E-state index contributed by atoms with van der Waals surface area (Å²) in [4.78, 5) is 0. The van der Waals surface area contributed by atoms with Crippen LogP contribution in [0.25, 0.3) is 0 Å². The molecule has 0 saturated carbocycles. The predicted molar refractivity (Wildman–Crippen MR) is 66.5 cm³/mol. The number of hydrogen-bond acceptors (Lipinski definition) is 0. The van der Waals surface area contributed by atoms with E-state index in [4.69, 9.17) is 0 Å². The van der Waals surface area contributed by atoms with Crippen LogP contribution in [0.1, 0.15) is 68.2 Å². The Kier molecular flexibility index (Phi) is 4.68. The van der Waals surface area contributed by atoms with Crippen LogP contribution in [0.2, 0.25) is 0 Å². The molecule has 0 saturated heterocycles. The lowest BCUT2D eigenvalue weighted by Gasteiger charge is -2.41. The van der Waals surface area contributed by atoms with Crippen molar-refractivity contribution in [1.82, 2.24) is 0 Å². The largest absolute Gasteiger partial charge is 0.0628 e. The van der Waals surface area contributed by atoms with Gasteiger partial charge in [0.1, 0.15) is 0 Å². The summed E-state index contributed by atoms with van der Waals surface area (Å²) in [6.07, 6.45) is 2.70. The molecule has 0 aliphatic rings. The fourth-order valence-corrected chi connectivity index (χ4v) is 2.07. The van der Waals surface area contributed by atoms with E-state index in [0.29, 0.717) is 10.8 Å². The molecule has 0 spiro atoms. The average Bonchev–Trinajstić information content (AvgIpc) is 1.79. The summed E-state index contributed by atoms with van der Waals surface area (Å²) in [5.41, 5.74) is 0.861. The highest BCUT2D eigenvalue weighted by Gasteiger charge is 2.33. The van der Waals surface area contributed by atoms with Crippen LogP contribution in [0, 0.1) is 22.7 Å². The summed E-state index contributed by atoms with van der Waals surface area (Å²) >= 11 is 0. The first kappa shape index (κ1) is 14.0. The molecule has 0 nitrogen and oxygen atoms in total. The van der Waals surface area contributed by atoms with Gasteiger partial charge in [0.15, 0.2) is 0 Å². The van der Waals surface area contributed by atoms with Gasteiger partial charge < -0.3 is 0 Å². The zero-order valence-electron chi connectivity index (χ0n) is 11.6. The maximum atomic E-state index is 2.41. The minimum atomic E-state index is 0.415. The number of rotatable bonds is 4. The Morgan fingerprint density at radius 3 is 1.57 bits per heavy atom. The third kappa shape index (κ3) is 4.48. The third-order valence-corrected chi connectivity index (χ3v) is 3.76. The molecule has 0 aromatic carbocycles. The zero-order chi connectivity index (χ0) is 11.6. The second-order valence-electron chi connectivity index (χ2n) is 7.07. The van der Waals surface area contributed by atoms with E-state index in [-0.39, 0.29) is 0 Å². The van der Waals surface area contributed by atoms with E-state index in [1.807, 2.05) is 0 Å². The molecule has 86 valence electrons. The Labute approximate surface area is 91.5 Å². The van der Waals surface area contributed by atoms with Crippen LogP contribution in [0.4, 0.5) is 0 Å². The standard InChI is InChI=1S/C14H30/c1-11(2)9-12(3)10-14(7,8)13(4,5)6/h11-12H,9-10H2,1-8H3. The molecule has 0 radical (unpaired) electrons. The van der Waals surface area contributed by atoms with Gasteiger partial charge in [-0.2, -0.15) is 0 Å². The lowest BCUT2D eigenvalue weighted by Crippen LogP contribution is -2.31. The zero-order valence-corrected chi connectivity index (χ0v) is 11.6. The van der Waals surface area contributed by atoms with E-state index in [1.54, 1.807) is 0 Å². The highest BCUT2D eigenvalue weighted by Crippen LogP contribution is 2.43. The maximum absolute atomic E-state index is 2.41. The Morgan fingerprint density at radius 1 is 0.857 bits per heavy atom. The molecule has 0 aliphatic heterocycles. The summed E-state index contributed by atoms with van der Waals surface area (Å²) in [5.74, 6) is 1.69. The summed E-state index contributed by atoms with van der Waals surface area (Å²) in [5, 5.41) is 0. The molecule has 0 aromatic heterocycles. The molecule has 0 aromatic rings. The van der Waals surface area contributed by atoms with Crippen molar-refractivity contribution in [3.63, 3.8) is 0 Å². The van der Waals surface area contributed by atoms with Crippen molar-refractivity contribution in [2.75, 3.05) is 0 Å². The van der Waals surface area contributed by atoms with Gasteiger partial charge in [0.2, 0.25) is 0 Å². The Morgan fingerprint density at radius 2 is 1.29 bits per heavy atom. The van der Waals surface area contributed by atoms with Crippen LogP contribution < -0.4 is 0 Å². The third-order valence-electron chi connectivity index (χ3n) is 3.76. The summed E-state index contributed by atoms with van der Waals surface area (Å²) in [6.45, 7) is 18.9. The fourth-order valence-electron chi connectivity index (χ4n) is 2.07. The second kappa shape index (κ2) is 4.68. The minimum absolute atomic E-state index is 0.415. The lowest BCUT2D eigenvalue weighted by molar-refractivity contribution is 0.0939. The van der Waals surface area contributed by atoms with Gasteiger partial charge in [-0.1, -0.05) is 55.4 Å². The van der Waals surface area contributed by atoms with Gasteiger partial charge in [0.05, 0.1) is 0 Å². The first-order valence-electron chi connectivity index (χ1n) is 6.06. The molecule has 0 rings (SSSR count). The van der Waals surface area contributed by atoms with Crippen LogP contribution in [-0.4, -0.2) is 0 Å². The summed E-state index contributed by atoms with van der Waals surface area (Å²) in [7, 11) is 0. The van der Waals surface area contributed by atoms with Crippen molar-refractivity contribution >= 4 is 0 Å². The normalized spacial score (nSPS) is 16.1. The second-order valence-corrected chi connectivity index (χ2v) is 7.07. The monoisotopic (exact) mass is 198 g/mol.